The fourth-order valence-corrected chi connectivity index (χ4v) is 3.32. The van der Waals surface area contributed by atoms with Gasteiger partial charge in [0.15, 0.2) is 0 Å². The van der Waals surface area contributed by atoms with Crippen molar-refractivity contribution < 1.29 is 14.3 Å². The lowest BCUT2D eigenvalue weighted by molar-refractivity contribution is -0.134. The van der Waals surface area contributed by atoms with Crippen LogP contribution in [0.5, 0.6) is 0 Å². The lowest BCUT2D eigenvalue weighted by Crippen LogP contribution is -2.45. The van der Waals surface area contributed by atoms with E-state index >= 15 is 0 Å². The molecule has 0 aliphatic carbocycles. The Kier molecular flexibility index (Phi) is 5.30. The summed E-state index contributed by atoms with van der Waals surface area (Å²) < 4.78 is 5.74. The lowest BCUT2D eigenvalue weighted by atomic mass is 9.99. The number of hydrogen-bond acceptors (Lipinski definition) is 4. The summed E-state index contributed by atoms with van der Waals surface area (Å²) in [5, 5.41) is 9.22. The van der Waals surface area contributed by atoms with Crippen LogP contribution in [0.2, 0.25) is 0 Å². The van der Waals surface area contributed by atoms with Gasteiger partial charge in [0, 0.05) is 24.8 Å². The minimum Gasteiger partial charge on any atom is -0.441 e. The zero-order valence-electron chi connectivity index (χ0n) is 14.1. The van der Waals surface area contributed by atoms with Crippen molar-refractivity contribution in [2.75, 3.05) is 13.2 Å². The van der Waals surface area contributed by atoms with E-state index in [9.17, 15) is 9.90 Å². The number of aryl methyl sites for hydroxylation is 1. The highest BCUT2D eigenvalue weighted by molar-refractivity contribution is 5.79. The summed E-state index contributed by atoms with van der Waals surface area (Å²) >= 11 is 0. The molecule has 1 saturated heterocycles. The van der Waals surface area contributed by atoms with Crippen molar-refractivity contribution in [2.24, 2.45) is 0 Å². The molecule has 0 spiro atoms. The summed E-state index contributed by atoms with van der Waals surface area (Å²) in [7, 11) is 0. The van der Waals surface area contributed by atoms with E-state index in [1.54, 1.807) is 0 Å². The van der Waals surface area contributed by atoms with Crippen molar-refractivity contribution in [2.45, 2.75) is 45.1 Å². The minimum absolute atomic E-state index is 0.0733. The Balaban J connectivity index is 1.73. The molecule has 3 rings (SSSR count). The lowest BCUT2D eigenvalue weighted by Gasteiger charge is -2.35. The molecule has 0 radical (unpaired) electrons. The highest BCUT2D eigenvalue weighted by Gasteiger charge is 2.27. The van der Waals surface area contributed by atoms with E-state index in [1.165, 1.54) is 0 Å². The van der Waals surface area contributed by atoms with Crippen LogP contribution in [0.15, 0.2) is 34.7 Å². The number of oxazole rings is 1. The molecular formula is C19H24N2O3. The maximum absolute atomic E-state index is 12.7. The van der Waals surface area contributed by atoms with E-state index in [1.807, 2.05) is 42.2 Å². The van der Waals surface area contributed by atoms with Gasteiger partial charge in [0.05, 0.1) is 12.1 Å². The Bertz CT molecular complexity index is 679. The average molecular weight is 328 g/mol. The first-order chi connectivity index (χ1) is 11.7. The van der Waals surface area contributed by atoms with Gasteiger partial charge in [-0.2, -0.15) is 0 Å². The summed E-state index contributed by atoms with van der Waals surface area (Å²) in [5.74, 6) is 1.32. The van der Waals surface area contributed by atoms with Crippen molar-refractivity contribution >= 4 is 5.91 Å². The number of carbonyl (C=O) groups excluding carboxylic acids is 1. The van der Waals surface area contributed by atoms with Crippen LogP contribution in [-0.4, -0.2) is 40.1 Å². The standard InChI is InChI=1S/C19H24N2O3/c1-14-17(20-19(24-14)15-7-3-2-4-8-15)13-18(23)21-11-6-5-9-16(21)10-12-22/h2-4,7-8,16,22H,5-6,9-13H2,1H3. The highest BCUT2D eigenvalue weighted by Crippen LogP contribution is 2.24. The number of rotatable bonds is 5. The molecule has 1 aliphatic heterocycles. The first-order valence-electron chi connectivity index (χ1n) is 8.61. The Hall–Kier alpha value is -2.14. The molecule has 5 heteroatoms. The molecule has 5 nitrogen and oxygen atoms in total. The molecule has 0 bridgehead atoms. The molecule has 1 aromatic carbocycles. The van der Waals surface area contributed by atoms with Crippen LogP contribution in [0, 0.1) is 6.92 Å². The third-order valence-corrected chi connectivity index (χ3v) is 4.64. The minimum atomic E-state index is 0.0733. The van der Waals surface area contributed by atoms with Crippen molar-refractivity contribution in [3.63, 3.8) is 0 Å². The average Bonchev–Trinajstić information content (AvgIpc) is 2.97. The predicted molar refractivity (Wildman–Crippen MR) is 91.4 cm³/mol. The third-order valence-electron chi connectivity index (χ3n) is 4.64. The number of nitrogens with zero attached hydrogens (tertiary/aromatic N) is 2. The Morgan fingerprint density at radius 2 is 2.12 bits per heavy atom. The smallest absolute Gasteiger partial charge is 0.228 e. The van der Waals surface area contributed by atoms with Crippen LogP contribution < -0.4 is 0 Å². The van der Waals surface area contributed by atoms with Gasteiger partial charge in [0.1, 0.15) is 5.76 Å². The maximum Gasteiger partial charge on any atom is 0.228 e. The second-order valence-electron chi connectivity index (χ2n) is 6.31. The van der Waals surface area contributed by atoms with E-state index in [0.29, 0.717) is 23.8 Å². The Labute approximate surface area is 142 Å². The van der Waals surface area contributed by atoms with Crippen LogP contribution in [0.3, 0.4) is 0 Å². The van der Waals surface area contributed by atoms with Crippen molar-refractivity contribution in [3.8, 4) is 11.5 Å². The predicted octanol–water partition coefficient (Wildman–Crippen LogP) is 2.96. The second-order valence-corrected chi connectivity index (χ2v) is 6.31. The molecule has 1 aliphatic rings. The molecular weight excluding hydrogens is 304 g/mol. The summed E-state index contributed by atoms with van der Waals surface area (Å²) in [5.41, 5.74) is 1.61. The summed E-state index contributed by atoms with van der Waals surface area (Å²) in [6, 6.07) is 9.86. The molecule has 1 aromatic heterocycles. The number of amides is 1. The molecule has 1 unspecified atom stereocenters. The Morgan fingerprint density at radius 1 is 1.33 bits per heavy atom. The molecule has 1 fully saturated rings. The van der Waals surface area contributed by atoms with Crippen LogP contribution in [0.4, 0.5) is 0 Å². The van der Waals surface area contributed by atoms with Crippen LogP contribution in [0.1, 0.15) is 37.1 Å². The molecule has 1 atom stereocenters. The van der Waals surface area contributed by atoms with E-state index < -0.39 is 0 Å². The summed E-state index contributed by atoms with van der Waals surface area (Å²) in [6.07, 6.45) is 4.03. The molecule has 1 amide bonds. The van der Waals surface area contributed by atoms with Gasteiger partial charge in [-0.05, 0) is 44.7 Å². The molecule has 1 N–H and O–H groups in total. The molecule has 2 heterocycles. The van der Waals surface area contributed by atoms with Crippen LogP contribution >= 0.6 is 0 Å². The number of aromatic nitrogens is 1. The number of hydrogen-bond donors (Lipinski definition) is 1. The zero-order chi connectivity index (χ0) is 16.9. The van der Waals surface area contributed by atoms with Gasteiger partial charge in [-0.15, -0.1) is 0 Å². The fourth-order valence-electron chi connectivity index (χ4n) is 3.32. The van der Waals surface area contributed by atoms with Gasteiger partial charge >= 0.3 is 0 Å². The number of benzene rings is 1. The zero-order valence-corrected chi connectivity index (χ0v) is 14.1. The number of aliphatic hydroxyl groups is 1. The second kappa shape index (κ2) is 7.62. The summed E-state index contributed by atoms with van der Waals surface area (Å²) in [6.45, 7) is 2.74. The first kappa shape index (κ1) is 16.7. The number of aliphatic hydroxyl groups excluding tert-OH is 1. The van der Waals surface area contributed by atoms with Gasteiger partial charge in [0.2, 0.25) is 11.8 Å². The van der Waals surface area contributed by atoms with Gasteiger partial charge in [-0.3, -0.25) is 4.79 Å². The molecule has 128 valence electrons. The monoisotopic (exact) mass is 328 g/mol. The van der Waals surface area contributed by atoms with E-state index in [2.05, 4.69) is 4.98 Å². The molecule has 24 heavy (non-hydrogen) atoms. The first-order valence-corrected chi connectivity index (χ1v) is 8.61. The van der Waals surface area contributed by atoms with Crippen LogP contribution in [-0.2, 0) is 11.2 Å². The van der Waals surface area contributed by atoms with Crippen molar-refractivity contribution in [3.05, 3.63) is 41.8 Å². The maximum atomic E-state index is 12.7. The largest absolute Gasteiger partial charge is 0.441 e. The van der Waals surface area contributed by atoms with Gasteiger partial charge < -0.3 is 14.4 Å². The van der Waals surface area contributed by atoms with Gasteiger partial charge in [-0.25, -0.2) is 4.98 Å². The number of likely N-dealkylation sites (tertiary alicyclic amines) is 1. The van der Waals surface area contributed by atoms with E-state index in [4.69, 9.17) is 4.42 Å². The number of carbonyl (C=O) groups is 1. The SMILES string of the molecule is Cc1oc(-c2ccccc2)nc1CC(=O)N1CCCCC1CCO. The van der Waals surface area contributed by atoms with Gasteiger partial charge in [0.25, 0.3) is 0 Å². The van der Waals surface area contributed by atoms with Gasteiger partial charge in [-0.1, -0.05) is 18.2 Å². The van der Waals surface area contributed by atoms with E-state index in [0.717, 1.165) is 31.4 Å². The highest BCUT2D eigenvalue weighted by atomic mass is 16.4. The quantitative estimate of drug-likeness (QED) is 0.916. The molecule has 0 saturated carbocycles. The van der Waals surface area contributed by atoms with Crippen LogP contribution in [0.25, 0.3) is 11.5 Å². The fraction of sp³-hybridized carbons (Fsp3) is 0.474. The Morgan fingerprint density at radius 3 is 2.88 bits per heavy atom. The molecule has 2 aromatic rings. The van der Waals surface area contributed by atoms with Crippen molar-refractivity contribution in [1.29, 1.82) is 0 Å². The number of piperidine rings is 1. The third kappa shape index (κ3) is 3.67. The summed E-state index contributed by atoms with van der Waals surface area (Å²) in [4.78, 5) is 19.1. The normalized spacial score (nSPS) is 17.9. The topological polar surface area (TPSA) is 66.6 Å². The van der Waals surface area contributed by atoms with E-state index in [-0.39, 0.29) is 25.0 Å². The van der Waals surface area contributed by atoms with Crippen molar-refractivity contribution in [1.82, 2.24) is 9.88 Å².